The van der Waals surface area contributed by atoms with E-state index in [9.17, 15) is 4.79 Å². The number of aromatic nitrogens is 1. The molecule has 0 atom stereocenters. The maximum Gasteiger partial charge on any atom is 0.331 e. The minimum Gasteiger partial charge on any atom is -0.463 e. The molecule has 3 heteroatoms. The Hall–Kier alpha value is -2.81. The number of fused-ring (bicyclic) bond motifs is 1. The van der Waals surface area contributed by atoms with Gasteiger partial charge in [-0.1, -0.05) is 30.3 Å². The van der Waals surface area contributed by atoms with Gasteiger partial charge in [0.1, 0.15) is 0 Å². The highest BCUT2D eigenvalue weighted by Crippen LogP contribution is 2.23. The Labute approximate surface area is 148 Å². The van der Waals surface area contributed by atoms with Crippen LogP contribution in [-0.4, -0.2) is 17.1 Å². The predicted octanol–water partition coefficient (Wildman–Crippen LogP) is 4.96. The molecule has 0 N–H and O–H groups in total. The van der Waals surface area contributed by atoms with Gasteiger partial charge in [-0.25, -0.2) is 4.79 Å². The summed E-state index contributed by atoms with van der Waals surface area (Å²) in [5, 5.41) is 1.17. The second kappa shape index (κ2) is 7.39. The third-order valence-corrected chi connectivity index (χ3v) is 4.45. The average Bonchev–Trinajstić information content (AvgIpc) is 2.99. The van der Waals surface area contributed by atoms with Crippen molar-refractivity contribution >= 4 is 22.4 Å². The first-order valence-corrected chi connectivity index (χ1v) is 8.57. The van der Waals surface area contributed by atoms with Crippen LogP contribution in [0.2, 0.25) is 0 Å². The van der Waals surface area contributed by atoms with Gasteiger partial charge in [0.15, 0.2) is 0 Å². The van der Waals surface area contributed by atoms with E-state index in [-0.39, 0.29) is 5.97 Å². The van der Waals surface area contributed by atoms with Crippen molar-refractivity contribution in [3.63, 3.8) is 0 Å². The number of esters is 1. The Morgan fingerprint density at radius 2 is 1.96 bits per heavy atom. The lowest BCUT2D eigenvalue weighted by Gasteiger charge is -2.09. The van der Waals surface area contributed by atoms with Crippen LogP contribution in [0, 0.1) is 6.92 Å². The summed E-state index contributed by atoms with van der Waals surface area (Å²) in [5.41, 5.74) is 5.76. The van der Waals surface area contributed by atoms with Crippen molar-refractivity contribution in [1.29, 1.82) is 0 Å². The van der Waals surface area contributed by atoms with Gasteiger partial charge < -0.3 is 9.30 Å². The van der Waals surface area contributed by atoms with Crippen LogP contribution in [0.25, 0.3) is 16.5 Å². The number of benzene rings is 2. The Morgan fingerprint density at radius 3 is 2.72 bits per heavy atom. The number of carbonyl (C=O) groups is 1. The summed E-state index contributed by atoms with van der Waals surface area (Å²) in [4.78, 5) is 11.6. The lowest BCUT2D eigenvalue weighted by Crippen LogP contribution is -2.00. The number of rotatable bonds is 5. The van der Waals surface area contributed by atoms with E-state index in [1.807, 2.05) is 13.8 Å². The molecule has 0 unspecified atom stereocenters. The van der Waals surface area contributed by atoms with E-state index in [1.165, 1.54) is 22.0 Å². The number of hydrogen-bond donors (Lipinski definition) is 0. The highest BCUT2D eigenvalue weighted by molar-refractivity contribution is 5.92. The van der Waals surface area contributed by atoms with Crippen molar-refractivity contribution in [2.75, 3.05) is 6.61 Å². The molecule has 25 heavy (non-hydrogen) atoms. The highest BCUT2D eigenvalue weighted by Gasteiger charge is 2.06. The first-order chi connectivity index (χ1) is 12.1. The number of ether oxygens (including phenoxy) is 1. The van der Waals surface area contributed by atoms with E-state index in [4.69, 9.17) is 4.74 Å². The van der Waals surface area contributed by atoms with Crippen molar-refractivity contribution < 1.29 is 9.53 Å². The van der Waals surface area contributed by atoms with Crippen LogP contribution in [0.3, 0.4) is 0 Å². The molecule has 1 aromatic heterocycles. The van der Waals surface area contributed by atoms with Gasteiger partial charge in [0.25, 0.3) is 0 Å². The summed E-state index contributed by atoms with van der Waals surface area (Å²) in [7, 11) is 0. The van der Waals surface area contributed by atoms with Crippen LogP contribution < -0.4 is 0 Å². The molecule has 0 amide bonds. The topological polar surface area (TPSA) is 31.2 Å². The summed E-state index contributed by atoms with van der Waals surface area (Å²) < 4.78 is 7.24. The molecule has 0 bridgehead atoms. The molecule has 3 rings (SSSR count). The molecule has 2 aromatic carbocycles. The molecule has 0 radical (unpaired) electrons. The molecule has 0 aliphatic carbocycles. The molecule has 0 fully saturated rings. The van der Waals surface area contributed by atoms with Crippen molar-refractivity contribution in [3.8, 4) is 0 Å². The summed E-state index contributed by atoms with van der Waals surface area (Å²) in [6, 6.07) is 16.9. The Balaban J connectivity index is 1.89. The lowest BCUT2D eigenvalue weighted by atomic mass is 10.1. The van der Waals surface area contributed by atoms with Gasteiger partial charge in [0, 0.05) is 29.7 Å². The monoisotopic (exact) mass is 333 g/mol. The normalized spacial score (nSPS) is 11.7. The maximum atomic E-state index is 11.6. The van der Waals surface area contributed by atoms with E-state index in [1.54, 1.807) is 6.08 Å². The minimum atomic E-state index is -0.294. The zero-order chi connectivity index (χ0) is 17.8. The van der Waals surface area contributed by atoms with E-state index in [0.717, 1.165) is 17.7 Å². The highest BCUT2D eigenvalue weighted by atomic mass is 16.5. The third-order valence-electron chi connectivity index (χ3n) is 4.45. The van der Waals surface area contributed by atoms with Gasteiger partial charge in [-0.3, -0.25) is 0 Å². The number of nitrogens with zero attached hydrogens (tertiary/aromatic N) is 1. The first-order valence-electron chi connectivity index (χ1n) is 8.57. The fraction of sp³-hybridized carbons (Fsp3) is 0.227. The SMILES string of the molecule is CCOC(=O)/C=C(\C)c1ccc2c(ccn2Cc2ccccc2C)c1. The van der Waals surface area contributed by atoms with Gasteiger partial charge in [-0.15, -0.1) is 0 Å². The number of aryl methyl sites for hydroxylation is 1. The van der Waals surface area contributed by atoms with E-state index in [0.29, 0.717) is 6.61 Å². The fourth-order valence-corrected chi connectivity index (χ4v) is 3.00. The standard InChI is InChI=1S/C22H23NO2/c1-4-25-22(24)13-17(3)18-9-10-21-19(14-18)11-12-23(21)15-20-8-6-5-7-16(20)2/h5-14H,4,15H2,1-3H3/b17-13+. The Morgan fingerprint density at radius 1 is 1.16 bits per heavy atom. The van der Waals surface area contributed by atoms with Crippen LogP contribution in [0.15, 0.2) is 60.8 Å². The quantitative estimate of drug-likeness (QED) is 0.488. The second-order valence-electron chi connectivity index (χ2n) is 6.22. The van der Waals surface area contributed by atoms with Crippen LogP contribution in [-0.2, 0) is 16.1 Å². The summed E-state index contributed by atoms with van der Waals surface area (Å²) in [6.07, 6.45) is 3.67. The third kappa shape index (κ3) is 3.82. The smallest absolute Gasteiger partial charge is 0.331 e. The van der Waals surface area contributed by atoms with Crippen LogP contribution in [0.1, 0.15) is 30.5 Å². The second-order valence-corrected chi connectivity index (χ2v) is 6.22. The zero-order valence-electron chi connectivity index (χ0n) is 15.0. The molecular weight excluding hydrogens is 310 g/mol. The van der Waals surface area contributed by atoms with Crippen LogP contribution in [0.4, 0.5) is 0 Å². The number of allylic oxidation sites excluding steroid dienone is 1. The predicted molar refractivity (Wildman–Crippen MR) is 103 cm³/mol. The molecule has 3 nitrogen and oxygen atoms in total. The van der Waals surface area contributed by atoms with Crippen molar-refractivity contribution in [2.24, 2.45) is 0 Å². The summed E-state index contributed by atoms with van der Waals surface area (Å²) >= 11 is 0. The van der Waals surface area contributed by atoms with Gasteiger partial charge >= 0.3 is 5.97 Å². The van der Waals surface area contributed by atoms with Gasteiger partial charge in [-0.2, -0.15) is 0 Å². The minimum absolute atomic E-state index is 0.294. The largest absolute Gasteiger partial charge is 0.463 e. The maximum absolute atomic E-state index is 11.6. The molecule has 0 aliphatic rings. The van der Waals surface area contributed by atoms with E-state index in [2.05, 4.69) is 66.2 Å². The first kappa shape index (κ1) is 17.0. The van der Waals surface area contributed by atoms with E-state index >= 15 is 0 Å². The summed E-state index contributed by atoms with van der Waals surface area (Å²) in [6.45, 7) is 7.13. The van der Waals surface area contributed by atoms with Gasteiger partial charge in [0.2, 0.25) is 0 Å². The number of hydrogen-bond acceptors (Lipinski definition) is 2. The lowest BCUT2D eigenvalue weighted by molar-refractivity contribution is -0.137. The van der Waals surface area contributed by atoms with E-state index < -0.39 is 0 Å². The fourth-order valence-electron chi connectivity index (χ4n) is 3.00. The Bertz CT molecular complexity index is 934. The Kier molecular flexibility index (Phi) is 5.03. The van der Waals surface area contributed by atoms with Crippen molar-refractivity contribution in [1.82, 2.24) is 4.57 Å². The van der Waals surface area contributed by atoms with Crippen LogP contribution >= 0.6 is 0 Å². The molecular formula is C22H23NO2. The van der Waals surface area contributed by atoms with Crippen LogP contribution in [0.5, 0.6) is 0 Å². The molecule has 0 aliphatic heterocycles. The summed E-state index contributed by atoms with van der Waals surface area (Å²) in [5.74, 6) is -0.294. The molecule has 0 spiro atoms. The molecule has 128 valence electrons. The van der Waals surface area contributed by atoms with Gasteiger partial charge in [0.05, 0.1) is 6.61 Å². The van der Waals surface area contributed by atoms with Gasteiger partial charge in [-0.05, 0) is 61.2 Å². The molecule has 0 saturated heterocycles. The van der Waals surface area contributed by atoms with Crippen molar-refractivity contribution in [3.05, 3.63) is 77.5 Å². The number of carbonyl (C=O) groups excluding carboxylic acids is 1. The molecule has 3 aromatic rings. The zero-order valence-corrected chi connectivity index (χ0v) is 15.0. The molecule has 0 saturated carbocycles. The van der Waals surface area contributed by atoms with Crippen molar-refractivity contribution in [2.45, 2.75) is 27.3 Å². The average molecular weight is 333 g/mol. The molecule has 1 heterocycles.